The van der Waals surface area contributed by atoms with Gasteiger partial charge in [-0.05, 0) is 55.5 Å². The number of carbonyl (C=O) groups is 1. The number of hydrogen-bond acceptors (Lipinski definition) is 3. The van der Waals surface area contributed by atoms with Gasteiger partial charge in [0.05, 0.1) is 0 Å². The van der Waals surface area contributed by atoms with Gasteiger partial charge in [-0.25, -0.2) is 0 Å². The Labute approximate surface area is 120 Å². The van der Waals surface area contributed by atoms with Gasteiger partial charge in [0, 0.05) is 24.3 Å². The molecule has 106 valence electrons. The van der Waals surface area contributed by atoms with Crippen molar-refractivity contribution >= 4 is 23.4 Å². The van der Waals surface area contributed by atoms with Gasteiger partial charge in [0.2, 0.25) is 0 Å². The molecule has 0 fully saturated rings. The van der Waals surface area contributed by atoms with Crippen molar-refractivity contribution in [2.75, 3.05) is 30.4 Å². The van der Waals surface area contributed by atoms with Crippen LogP contribution in [0.1, 0.15) is 36.5 Å². The Hall–Kier alpha value is -1.16. The molecular formula is C15H24N2OS. The Kier molecular flexibility index (Phi) is 8.14. The van der Waals surface area contributed by atoms with Gasteiger partial charge in [-0.1, -0.05) is 6.92 Å². The summed E-state index contributed by atoms with van der Waals surface area (Å²) in [6.45, 7) is 3.85. The molecule has 0 radical (unpaired) electrons. The minimum absolute atomic E-state index is 0.0196. The van der Waals surface area contributed by atoms with Crippen LogP contribution in [0.2, 0.25) is 0 Å². The van der Waals surface area contributed by atoms with E-state index in [1.807, 2.05) is 36.0 Å². The van der Waals surface area contributed by atoms with Crippen molar-refractivity contribution in [3.05, 3.63) is 29.8 Å². The van der Waals surface area contributed by atoms with Crippen molar-refractivity contribution in [3.8, 4) is 0 Å². The zero-order valence-electron chi connectivity index (χ0n) is 11.9. The molecule has 19 heavy (non-hydrogen) atoms. The van der Waals surface area contributed by atoms with E-state index in [1.54, 1.807) is 0 Å². The standard InChI is InChI=1S/C15H24N2OS/c1-3-10-16-14-8-6-13(7-9-14)15(18)17-11-4-5-12-19-2/h6-9,16H,3-5,10-12H2,1-2H3,(H,17,18). The van der Waals surface area contributed by atoms with Crippen molar-refractivity contribution < 1.29 is 4.79 Å². The van der Waals surface area contributed by atoms with E-state index in [2.05, 4.69) is 23.8 Å². The van der Waals surface area contributed by atoms with Crippen LogP contribution >= 0.6 is 11.8 Å². The van der Waals surface area contributed by atoms with Gasteiger partial charge in [-0.2, -0.15) is 11.8 Å². The third-order valence-corrected chi connectivity index (χ3v) is 3.48. The van der Waals surface area contributed by atoms with Crippen LogP contribution < -0.4 is 10.6 Å². The molecule has 2 N–H and O–H groups in total. The second kappa shape index (κ2) is 9.73. The lowest BCUT2D eigenvalue weighted by Gasteiger charge is -2.07. The van der Waals surface area contributed by atoms with Crippen LogP contribution in [0.3, 0.4) is 0 Å². The highest BCUT2D eigenvalue weighted by atomic mass is 32.2. The van der Waals surface area contributed by atoms with Gasteiger partial charge in [0.1, 0.15) is 0 Å². The Bertz CT molecular complexity index is 365. The monoisotopic (exact) mass is 280 g/mol. The van der Waals surface area contributed by atoms with Crippen LogP contribution in [0.4, 0.5) is 5.69 Å². The largest absolute Gasteiger partial charge is 0.385 e. The van der Waals surface area contributed by atoms with E-state index in [0.717, 1.165) is 49.4 Å². The quantitative estimate of drug-likeness (QED) is 0.681. The molecule has 3 nitrogen and oxygen atoms in total. The van der Waals surface area contributed by atoms with E-state index in [0.29, 0.717) is 0 Å². The lowest BCUT2D eigenvalue weighted by molar-refractivity contribution is 0.0953. The van der Waals surface area contributed by atoms with Crippen molar-refractivity contribution in [1.29, 1.82) is 0 Å². The number of thioether (sulfide) groups is 1. The second-order valence-corrected chi connectivity index (χ2v) is 5.45. The molecule has 0 aliphatic heterocycles. The molecule has 0 aliphatic carbocycles. The molecular weight excluding hydrogens is 256 g/mol. The third-order valence-electron chi connectivity index (χ3n) is 2.79. The first kappa shape index (κ1) is 15.9. The molecule has 1 aromatic carbocycles. The molecule has 0 saturated carbocycles. The van der Waals surface area contributed by atoms with E-state index in [-0.39, 0.29) is 5.91 Å². The maximum atomic E-state index is 11.9. The summed E-state index contributed by atoms with van der Waals surface area (Å²) in [5.41, 5.74) is 1.80. The summed E-state index contributed by atoms with van der Waals surface area (Å²) in [4.78, 5) is 11.9. The minimum Gasteiger partial charge on any atom is -0.385 e. The summed E-state index contributed by atoms with van der Waals surface area (Å²) >= 11 is 1.85. The zero-order valence-corrected chi connectivity index (χ0v) is 12.7. The molecule has 0 saturated heterocycles. The predicted octanol–water partition coefficient (Wildman–Crippen LogP) is 3.38. The first-order chi connectivity index (χ1) is 9.27. The highest BCUT2D eigenvalue weighted by Crippen LogP contribution is 2.09. The molecule has 0 unspecified atom stereocenters. The van der Waals surface area contributed by atoms with E-state index in [4.69, 9.17) is 0 Å². The fourth-order valence-electron chi connectivity index (χ4n) is 1.68. The molecule has 0 heterocycles. The van der Waals surface area contributed by atoms with Gasteiger partial charge < -0.3 is 10.6 Å². The number of benzene rings is 1. The Morgan fingerprint density at radius 1 is 1.16 bits per heavy atom. The highest BCUT2D eigenvalue weighted by Gasteiger charge is 2.04. The fraction of sp³-hybridized carbons (Fsp3) is 0.533. The number of rotatable bonds is 9. The molecule has 0 bridgehead atoms. The molecule has 1 aromatic rings. The van der Waals surface area contributed by atoms with Gasteiger partial charge in [0.25, 0.3) is 5.91 Å². The number of amides is 1. The summed E-state index contributed by atoms with van der Waals surface area (Å²) in [5, 5.41) is 6.24. The van der Waals surface area contributed by atoms with Crippen LogP contribution in [0.15, 0.2) is 24.3 Å². The van der Waals surface area contributed by atoms with Crippen molar-refractivity contribution in [1.82, 2.24) is 5.32 Å². The van der Waals surface area contributed by atoms with Crippen LogP contribution in [0.25, 0.3) is 0 Å². The average molecular weight is 280 g/mol. The van der Waals surface area contributed by atoms with E-state index in [9.17, 15) is 4.79 Å². The lowest BCUT2D eigenvalue weighted by atomic mass is 10.2. The first-order valence-corrected chi connectivity index (χ1v) is 8.28. The van der Waals surface area contributed by atoms with Gasteiger partial charge in [0.15, 0.2) is 0 Å². The Morgan fingerprint density at radius 2 is 1.89 bits per heavy atom. The van der Waals surface area contributed by atoms with E-state index < -0.39 is 0 Å². The maximum Gasteiger partial charge on any atom is 0.251 e. The number of nitrogens with one attached hydrogen (secondary N) is 2. The number of anilines is 1. The fourth-order valence-corrected chi connectivity index (χ4v) is 2.18. The molecule has 0 aromatic heterocycles. The number of carbonyl (C=O) groups excluding carboxylic acids is 1. The van der Waals surface area contributed by atoms with Gasteiger partial charge in [-0.3, -0.25) is 4.79 Å². The highest BCUT2D eigenvalue weighted by molar-refractivity contribution is 7.98. The van der Waals surface area contributed by atoms with Crippen LogP contribution in [-0.2, 0) is 0 Å². The molecule has 1 rings (SSSR count). The topological polar surface area (TPSA) is 41.1 Å². The van der Waals surface area contributed by atoms with Crippen LogP contribution in [0, 0.1) is 0 Å². The Balaban J connectivity index is 2.32. The zero-order chi connectivity index (χ0) is 13.9. The molecule has 4 heteroatoms. The smallest absolute Gasteiger partial charge is 0.251 e. The lowest BCUT2D eigenvalue weighted by Crippen LogP contribution is -2.24. The summed E-state index contributed by atoms with van der Waals surface area (Å²) in [6, 6.07) is 7.65. The van der Waals surface area contributed by atoms with Crippen molar-refractivity contribution in [3.63, 3.8) is 0 Å². The predicted molar refractivity (Wildman–Crippen MR) is 85.2 cm³/mol. The van der Waals surface area contributed by atoms with Gasteiger partial charge in [-0.15, -0.1) is 0 Å². The second-order valence-electron chi connectivity index (χ2n) is 4.46. The van der Waals surface area contributed by atoms with Crippen molar-refractivity contribution in [2.45, 2.75) is 26.2 Å². The van der Waals surface area contributed by atoms with E-state index in [1.165, 1.54) is 0 Å². The molecule has 0 aliphatic rings. The Morgan fingerprint density at radius 3 is 2.53 bits per heavy atom. The normalized spacial score (nSPS) is 10.2. The number of hydrogen-bond donors (Lipinski definition) is 2. The summed E-state index contributed by atoms with van der Waals surface area (Å²) < 4.78 is 0. The third kappa shape index (κ3) is 6.53. The molecule has 1 amide bonds. The van der Waals surface area contributed by atoms with Crippen molar-refractivity contribution in [2.24, 2.45) is 0 Å². The molecule has 0 spiro atoms. The van der Waals surface area contributed by atoms with Crippen LogP contribution in [-0.4, -0.2) is 31.0 Å². The summed E-state index contributed by atoms with van der Waals surface area (Å²) in [6.07, 6.45) is 5.40. The van der Waals surface area contributed by atoms with E-state index >= 15 is 0 Å². The number of unbranched alkanes of at least 4 members (excludes halogenated alkanes) is 1. The summed E-state index contributed by atoms with van der Waals surface area (Å²) in [5.74, 6) is 1.18. The van der Waals surface area contributed by atoms with Gasteiger partial charge >= 0.3 is 0 Å². The molecule has 0 atom stereocenters. The minimum atomic E-state index is 0.0196. The summed E-state index contributed by atoms with van der Waals surface area (Å²) in [7, 11) is 0. The maximum absolute atomic E-state index is 11.9. The average Bonchev–Trinajstić information content (AvgIpc) is 2.45. The SMILES string of the molecule is CCCNc1ccc(C(=O)NCCCCSC)cc1. The first-order valence-electron chi connectivity index (χ1n) is 6.89. The van der Waals surface area contributed by atoms with Crippen LogP contribution in [0.5, 0.6) is 0 Å².